The van der Waals surface area contributed by atoms with Gasteiger partial charge in [-0.25, -0.2) is 0 Å². The van der Waals surface area contributed by atoms with E-state index in [0.717, 1.165) is 11.3 Å². The molecule has 0 saturated heterocycles. The third-order valence-corrected chi connectivity index (χ3v) is 2.45. The molecular weight excluding hydrogens is 226 g/mol. The first-order valence-electron chi connectivity index (χ1n) is 4.91. The molecular formula is C12H14ClNO2. The van der Waals surface area contributed by atoms with Crippen LogP contribution in [0.25, 0.3) is 0 Å². The monoisotopic (exact) mass is 239 g/mol. The fourth-order valence-corrected chi connectivity index (χ4v) is 1.45. The largest absolute Gasteiger partial charge is 0.480 e. The molecule has 0 heterocycles. The van der Waals surface area contributed by atoms with Crippen molar-refractivity contribution in [1.29, 1.82) is 0 Å². The van der Waals surface area contributed by atoms with Crippen molar-refractivity contribution >= 4 is 23.3 Å². The van der Waals surface area contributed by atoms with Gasteiger partial charge in [0.25, 0.3) is 0 Å². The maximum absolute atomic E-state index is 10.8. The molecule has 4 heteroatoms. The zero-order valence-electron chi connectivity index (χ0n) is 9.06. The summed E-state index contributed by atoms with van der Waals surface area (Å²) in [5, 5.41) is 8.84. The van der Waals surface area contributed by atoms with Crippen molar-refractivity contribution in [2.75, 3.05) is 18.0 Å². The van der Waals surface area contributed by atoms with Crippen molar-refractivity contribution in [3.05, 3.63) is 41.4 Å². The predicted molar refractivity (Wildman–Crippen MR) is 65.9 cm³/mol. The van der Waals surface area contributed by atoms with Crippen LogP contribution in [0.1, 0.15) is 6.92 Å². The summed E-state index contributed by atoms with van der Waals surface area (Å²) in [4.78, 5) is 12.5. The molecule has 1 N–H and O–H groups in total. The average molecular weight is 240 g/mol. The minimum atomic E-state index is -0.855. The highest BCUT2D eigenvalue weighted by molar-refractivity contribution is 6.25. The number of hydrogen-bond donors (Lipinski definition) is 1. The van der Waals surface area contributed by atoms with Crippen molar-refractivity contribution < 1.29 is 9.90 Å². The SMILES string of the molecule is C/C(=C/Cl)CN(CC(=O)O)c1ccccc1. The summed E-state index contributed by atoms with van der Waals surface area (Å²) in [7, 11) is 0. The third-order valence-electron chi connectivity index (χ3n) is 2.07. The molecule has 0 aliphatic carbocycles. The molecule has 0 aliphatic rings. The number of halogens is 1. The lowest BCUT2D eigenvalue weighted by Gasteiger charge is -2.22. The van der Waals surface area contributed by atoms with Gasteiger partial charge in [-0.1, -0.05) is 29.8 Å². The van der Waals surface area contributed by atoms with Gasteiger partial charge < -0.3 is 10.0 Å². The van der Waals surface area contributed by atoms with Gasteiger partial charge in [-0.3, -0.25) is 4.79 Å². The molecule has 0 fully saturated rings. The van der Waals surface area contributed by atoms with Crippen LogP contribution in [0.15, 0.2) is 41.4 Å². The van der Waals surface area contributed by atoms with Crippen LogP contribution >= 0.6 is 11.6 Å². The molecule has 0 aliphatic heterocycles. The fourth-order valence-electron chi connectivity index (χ4n) is 1.38. The zero-order chi connectivity index (χ0) is 12.0. The molecule has 86 valence electrons. The lowest BCUT2D eigenvalue weighted by atomic mass is 10.2. The standard InChI is InChI=1S/C12H14ClNO2/c1-10(7-13)8-14(9-12(15)16)11-5-3-2-4-6-11/h2-7H,8-9H2,1H3,(H,15,16)/b10-7-. The Labute approximate surface area is 100.0 Å². The van der Waals surface area contributed by atoms with Gasteiger partial charge in [0.05, 0.1) is 0 Å². The van der Waals surface area contributed by atoms with E-state index in [0.29, 0.717) is 6.54 Å². The number of carbonyl (C=O) groups is 1. The van der Waals surface area contributed by atoms with E-state index in [4.69, 9.17) is 16.7 Å². The fraction of sp³-hybridized carbons (Fsp3) is 0.250. The van der Waals surface area contributed by atoms with Gasteiger partial charge in [-0.05, 0) is 24.6 Å². The Hall–Kier alpha value is -1.48. The number of para-hydroxylation sites is 1. The minimum absolute atomic E-state index is 0.0356. The molecule has 1 rings (SSSR count). The highest BCUT2D eigenvalue weighted by Gasteiger charge is 2.10. The summed E-state index contributed by atoms with van der Waals surface area (Å²) < 4.78 is 0. The van der Waals surface area contributed by atoms with E-state index in [1.807, 2.05) is 37.3 Å². The summed E-state index contributed by atoms with van der Waals surface area (Å²) in [6, 6.07) is 9.41. The molecule has 16 heavy (non-hydrogen) atoms. The van der Waals surface area contributed by atoms with Gasteiger partial charge in [0.15, 0.2) is 0 Å². The van der Waals surface area contributed by atoms with Crippen LogP contribution in [0.5, 0.6) is 0 Å². The highest BCUT2D eigenvalue weighted by atomic mass is 35.5. The summed E-state index contributed by atoms with van der Waals surface area (Å²) in [6.07, 6.45) is 0. The molecule has 0 amide bonds. The van der Waals surface area contributed by atoms with E-state index in [2.05, 4.69) is 0 Å². The molecule has 1 aromatic carbocycles. The Kier molecular flexibility index (Phi) is 4.86. The second kappa shape index (κ2) is 6.18. The van der Waals surface area contributed by atoms with Gasteiger partial charge in [0.2, 0.25) is 0 Å². The highest BCUT2D eigenvalue weighted by Crippen LogP contribution is 2.14. The Bertz CT molecular complexity index is 376. The van der Waals surface area contributed by atoms with Gasteiger partial charge in [-0.2, -0.15) is 0 Å². The predicted octanol–water partition coefficient (Wildman–Crippen LogP) is 2.72. The maximum atomic E-state index is 10.8. The number of hydrogen-bond acceptors (Lipinski definition) is 2. The van der Waals surface area contributed by atoms with E-state index in [1.54, 1.807) is 4.90 Å². The number of carboxylic acid groups (broad SMARTS) is 1. The molecule has 0 atom stereocenters. The quantitative estimate of drug-likeness (QED) is 0.859. The van der Waals surface area contributed by atoms with Gasteiger partial charge >= 0.3 is 5.97 Å². The Balaban J connectivity index is 2.83. The number of anilines is 1. The molecule has 0 saturated carbocycles. The van der Waals surface area contributed by atoms with E-state index < -0.39 is 5.97 Å². The van der Waals surface area contributed by atoms with Gasteiger partial charge in [0.1, 0.15) is 6.54 Å². The first-order valence-corrected chi connectivity index (χ1v) is 5.34. The molecule has 0 radical (unpaired) electrons. The van der Waals surface area contributed by atoms with Crippen molar-refractivity contribution in [3.63, 3.8) is 0 Å². The third kappa shape index (κ3) is 3.95. The number of benzene rings is 1. The Morgan fingerprint density at radius 2 is 2.00 bits per heavy atom. The first kappa shape index (κ1) is 12.6. The number of rotatable bonds is 5. The Morgan fingerprint density at radius 3 is 2.50 bits per heavy atom. The van der Waals surface area contributed by atoms with Crippen LogP contribution in [0.4, 0.5) is 5.69 Å². The van der Waals surface area contributed by atoms with E-state index in [9.17, 15) is 4.79 Å². The van der Waals surface area contributed by atoms with Crippen LogP contribution in [-0.4, -0.2) is 24.2 Å². The number of carboxylic acids is 1. The molecule has 0 unspecified atom stereocenters. The van der Waals surface area contributed by atoms with Crippen LogP contribution in [0.3, 0.4) is 0 Å². The first-order chi connectivity index (χ1) is 7.63. The van der Waals surface area contributed by atoms with E-state index in [1.165, 1.54) is 5.54 Å². The molecule has 0 spiro atoms. The number of aliphatic carboxylic acids is 1. The topological polar surface area (TPSA) is 40.5 Å². The lowest BCUT2D eigenvalue weighted by Crippen LogP contribution is -2.31. The van der Waals surface area contributed by atoms with Crippen molar-refractivity contribution in [3.8, 4) is 0 Å². The van der Waals surface area contributed by atoms with Crippen molar-refractivity contribution in [2.45, 2.75) is 6.92 Å². The van der Waals surface area contributed by atoms with Crippen LogP contribution in [0.2, 0.25) is 0 Å². The summed E-state index contributed by atoms with van der Waals surface area (Å²) in [6.45, 7) is 2.34. The van der Waals surface area contributed by atoms with E-state index >= 15 is 0 Å². The summed E-state index contributed by atoms with van der Waals surface area (Å²) in [5.74, 6) is -0.855. The lowest BCUT2D eigenvalue weighted by molar-refractivity contribution is -0.135. The minimum Gasteiger partial charge on any atom is -0.480 e. The van der Waals surface area contributed by atoms with Gasteiger partial charge in [-0.15, -0.1) is 0 Å². The maximum Gasteiger partial charge on any atom is 0.323 e. The van der Waals surface area contributed by atoms with Crippen LogP contribution in [-0.2, 0) is 4.79 Å². The van der Waals surface area contributed by atoms with E-state index in [-0.39, 0.29) is 6.54 Å². The summed E-state index contributed by atoms with van der Waals surface area (Å²) in [5.41, 5.74) is 3.27. The summed E-state index contributed by atoms with van der Waals surface area (Å²) >= 11 is 5.58. The molecule has 0 bridgehead atoms. The molecule has 1 aromatic rings. The second-order valence-electron chi connectivity index (χ2n) is 3.54. The molecule has 0 aromatic heterocycles. The van der Waals surface area contributed by atoms with Crippen LogP contribution in [0, 0.1) is 0 Å². The second-order valence-corrected chi connectivity index (χ2v) is 3.76. The molecule has 3 nitrogen and oxygen atoms in total. The Morgan fingerprint density at radius 1 is 1.38 bits per heavy atom. The zero-order valence-corrected chi connectivity index (χ0v) is 9.81. The van der Waals surface area contributed by atoms with Crippen molar-refractivity contribution in [1.82, 2.24) is 0 Å². The van der Waals surface area contributed by atoms with Crippen LogP contribution < -0.4 is 4.90 Å². The number of nitrogens with zero attached hydrogens (tertiary/aromatic N) is 1. The average Bonchev–Trinajstić information content (AvgIpc) is 2.28. The van der Waals surface area contributed by atoms with Gasteiger partial charge in [0, 0.05) is 17.8 Å². The smallest absolute Gasteiger partial charge is 0.323 e. The normalized spacial score (nSPS) is 11.2. The van der Waals surface area contributed by atoms with Crippen molar-refractivity contribution in [2.24, 2.45) is 0 Å².